The first-order chi connectivity index (χ1) is 24.7. The van der Waals surface area contributed by atoms with Crippen LogP contribution >= 0.6 is 0 Å². The maximum absolute atomic E-state index is 13.5. The molecule has 2 aromatic carbocycles. The first kappa shape index (κ1) is 35.8. The second kappa shape index (κ2) is 15.9. The highest BCUT2D eigenvalue weighted by atomic mass is 16.4. The Labute approximate surface area is 296 Å². The summed E-state index contributed by atoms with van der Waals surface area (Å²) in [6, 6.07) is 14.0. The lowest BCUT2D eigenvalue weighted by molar-refractivity contribution is -0.140. The van der Waals surface area contributed by atoms with Crippen LogP contribution in [0.15, 0.2) is 60.9 Å². The number of carboxylic acid groups (broad SMARTS) is 1. The van der Waals surface area contributed by atoms with Crippen LogP contribution in [-0.2, 0) is 17.9 Å². The number of nitrogens with zero attached hydrogens (tertiary/aromatic N) is 2. The number of anilines is 2. The van der Waals surface area contributed by atoms with Gasteiger partial charge in [-0.2, -0.15) is 0 Å². The van der Waals surface area contributed by atoms with Gasteiger partial charge < -0.3 is 31.3 Å². The van der Waals surface area contributed by atoms with E-state index < -0.39 is 18.6 Å². The molecule has 2 amide bonds. The van der Waals surface area contributed by atoms with Gasteiger partial charge in [0.05, 0.1) is 13.2 Å². The Morgan fingerprint density at radius 1 is 0.765 bits per heavy atom. The number of amides is 2. The predicted molar refractivity (Wildman–Crippen MR) is 194 cm³/mol. The zero-order chi connectivity index (χ0) is 36.1. The Morgan fingerprint density at radius 2 is 1.25 bits per heavy atom. The maximum Gasteiger partial charge on any atom is 0.323 e. The van der Waals surface area contributed by atoms with Crippen LogP contribution in [0.3, 0.4) is 0 Å². The van der Waals surface area contributed by atoms with Crippen LogP contribution in [-0.4, -0.2) is 68.9 Å². The van der Waals surface area contributed by atoms with Crippen molar-refractivity contribution >= 4 is 29.2 Å². The summed E-state index contributed by atoms with van der Waals surface area (Å²) in [6.45, 7) is 4.72. The summed E-state index contributed by atoms with van der Waals surface area (Å²) in [4.78, 5) is 47.1. The van der Waals surface area contributed by atoms with E-state index in [0.717, 1.165) is 70.2 Å². The number of pyridine rings is 2. The molecular formula is C39H44N6O6. The number of rotatable bonds is 16. The summed E-state index contributed by atoms with van der Waals surface area (Å²) in [5.41, 5.74) is 9.36. The van der Waals surface area contributed by atoms with Gasteiger partial charge in [-0.3, -0.25) is 29.7 Å². The molecule has 7 N–H and O–H groups in total. The van der Waals surface area contributed by atoms with Gasteiger partial charge in [-0.1, -0.05) is 24.3 Å². The fraction of sp³-hybridized carbons (Fsp3) is 0.359. The molecule has 266 valence electrons. The van der Waals surface area contributed by atoms with Crippen LogP contribution in [0.4, 0.5) is 11.4 Å². The molecule has 12 heteroatoms. The number of aromatic nitrogens is 2. The molecule has 4 aromatic rings. The number of nitrogens with one attached hydrogen (secondary N) is 4. The molecule has 51 heavy (non-hydrogen) atoms. The van der Waals surface area contributed by atoms with Crippen molar-refractivity contribution in [1.29, 1.82) is 0 Å². The third kappa shape index (κ3) is 8.49. The van der Waals surface area contributed by atoms with Crippen molar-refractivity contribution in [3.63, 3.8) is 0 Å². The lowest BCUT2D eigenvalue weighted by Crippen LogP contribution is -2.39. The van der Waals surface area contributed by atoms with E-state index in [9.17, 15) is 24.6 Å². The van der Waals surface area contributed by atoms with Crippen molar-refractivity contribution in [3.8, 4) is 11.1 Å². The van der Waals surface area contributed by atoms with Crippen molar-refractivity contribution in [3.05, 3.63) is 106 Å². The smallest absolute Gasteiger partial charge is 0.323 e. The largest absolute Gasteiger partial charge is 0.480 e. The number of carbonyl (C=O) groups excluding carboxylic acids is 2. The van der Waals surface area contributed by atoms with Crippen LogP contribution in [0.25, 0.3) is 11.1 Å². The summed E-state index contributed by atoms with van der Waals surface area (Å²) >= 11 is 0. The first-order valence-corrected chi connectivity index (χ1v) is 17.4. The number of aliphatic hydroxyl groups is 2. The number of benzene rings is 2. The molecule has 2 fully saturated rings. The molecule has 0 radical (unpaired) electrons. The van der Waals surface area contributed by atoms with E-state index >= 15 is 0 Å². The molecule has 0 saturated heterocycles. The highest BCUT2D eigenvalue weighted by molar-refractivity contribution is 6.05. The van der Waals surface area contributed by atoms with Crippen LogP contribution in [0.5, 0.6) is 0 Å². The van der Waals surface area contributed by atoms with Crippen LogP contribution < -0.4 is 21.3 Å². The quantitative estimate of drug-likeness (QED) is 0.0817. The van der Waals surface area contributed by atoms with E-state index in [1.165, 1.54) is 0 Å². The molecule has 6 rings (SSSR count). The number of aliphatic hydroxyl groups excluding tert-OH is 2. The average molecular weight is 693 g/mol. The maximum atomic E-state index is 13.5. The van der Waals surface area contributed by atoms with Gasteiger partial charge >= 0.3 is 5.97 Å². The van der Waals surface area contributed by atoms with Gasteiger partial charge in [0.15, 0.2) is 0 Å². The van der Waals surface area contributed by atoms with E-state index in [2.05, 4.69) is 31.2 Å². The topological polar surface area (TPSA) is 186 Å². The van der Waals surface area contributed by atoms with Crippen molar-refractivity contribution in [2.75, 3.05) is 30.4 Å². The molecule has 2 aromatic heterocycles. The van der Waals surface area contributed by atoms with Crippen molar-refractivity contribution in [2.24, 2.45) is 0 Å². The number of aliphatic carboxylic acids is 1. The third-order valence-corrected chi connectivity index (χ3v) is 9.62. The van der Waals surface area contributed by atoms with Gasteiger partial charge in [0.1, 0.15) is 17.4 Å². The van der Waals surface area contributed by atoms with Crippen molar-refractivity contribution < 1.29 is 29.7 Å². The Morgan fingerprint density at radius 3 is 1.69 bits per heavy atom. The highest BCUT2D eigenvalue weighted by Crippen LogP contribution is 2.43. The van der Waals surface area contributed by atoms with Crippen LogP contribution in [0, 0.1) is 13.8 Å². The van der Waals surface area contributed by atoms with E-state index in [0.29, 0.717) is 36.1 Å². The zero-order valence-electron chi connectivity index (χ0n) is 28.8. The predicted octanol–water partition coefficient (Wildman–Crippen LogP) is 4.64. The van der Waals surface area contributed by atoms with Crippen molar-refractivity contribution in [1.82, 2.24) is 20.6 Å². The van der Waals surface area contributed by atoms with Crippen LogP contribution in [0.1, 0.15) is 91.9 Å². The molecule has 12 nitrogen and oxygen atoms in total. The first-order valence-electron chi connectivity index (χ1n) is 17.4. The fourth-order valence-electron chi connectivity index (χ4n) is 6.35. The van der Waals surface area contributed by atoms with Gasteiger partial charge in [0, 0.05) is 43.4 Å². The van der Waals surface area contributed by atoms with Gasteiger partial charge in [-0.15, -0.1) is 0 Å². The lowest BCUT2D eigenvalue weighted by atomic mass is 9.94. The second-order valence-corrected chi connectivity index (χ2v) is 13.3. The Kier molecular flexibility index (Phi) is 11.2. The van der Waals surface area contributed by atoms with E-state index in [1.54, 1.807) is 18.5 Å². The van der Waals surface area contributed by atoms with Crippen molar-refractivity contribution in [2.45, 2.75) is 70.5 Å². The molecule has 2 aliphatic rings. The van der Waals surface area contributed by atoms with Gasteiger partial charge in [-0.25, -0.2) is 0 Å². The summed E-state index contributed by atoms with van der Waals surface area (Å²) < 4.78 is 0. The second-order valence-electron chi connectivity index (χ2n) is 13.3. The van der Waals surface area contributed by atoms with E-state index in [1.807, 2.05) is 56.3 Å². The van der Waals surface area contributed by atoms with E-state index in [-0.39, 0.29) is 36.6 Å². The molecular weight excluding hydrogens is 648 g/mol. The molecule has 2 aliphatic carbocycles. The SMILES string of the molecule is Cc1c(NC(=O)c2cc(C3CC3)c(CNCCO)cn2)cccc1-c1cccc(NC(=O)c2cc(C3CC3)c(CN[C@@H](CO)C(=O)O)cn2)c1C. The van der Waals surface area contributed by atoms with Gasteiger partial charge in [0.25, 0.3) is 11.8 Å². The lowest BCUT2D eigenvalue weighted by Gasteiger charge is -2.17. The van der Waals surface area contributed by atoms with Gasteiger partial charge in [-0.05, 0) is 120 Å². The fourth-order valence-corrected chi connectivity index (χ4v) is 6.35. The normalized spacial score (nSPS) is 14.6. The summed E-state index contributed by atoms with van der Waals surface area (Å²) in [7, 11) is 0. The number of carboxylic acids is 1. The molecule has 0 aliphatic heterocycles. The summed E-state index contributed by atoms with van der Waals surface area (Å²) in [5.74, 6) is -1.08. The monoisotopic (exact) mass is 692 g/mol. The summed E-state index contributed by atoms with van der Waals surface area (Å²) in [6.07, 6.45) is 7.49. The minimum Gasteiger partial charge on any atom is -0.480 e. The molecule has 2 saturated carbocycles. The summed E-state index contributed by atoms with van der Waals surface area (Å²) in [5, 5.41) is 39.9. The molecule has 0 unspecified atom stereocenters. The van der Waals surface area contributed by atoms with E-state index in [4.69, 9.17) is 5.11 Å². The molecule has 0 bridgehead atoms. The minimum atomic E-state index is -1.14. The highest BCUT2D eigenvalue weighted by Gasteiger charge is 2.29. The zero-order valence-corrected chi connectivity index (χ0v) is 28.8. The number of carbonyl (C=O) groups is 3. The molecule has 2 heterocycles. The minimum absolute atomic E-state index is 0.0583. The Hall–Kier alpha value is -5.01. The molecule has 1 atom stereocenters. The number of hydrogen-bond donors (Lipinski definition) is 7. The third-order valence-electron chi connectivity index (χ3n) is 9.62. The van der Waals surface area contributed by atoms with Gasteiger partial charge in [0.2, 0.25) is 0 Å². The average Bonchev–Trinajstić information content (AvgIpc) is 4.05. The molecule has 0 spiro atoms. The Balaban J connectivity index is 1.18. The standard InChI is InChI=1S/C39H44N6O6/c1-22-28(5-3-7-32(22)44-37(48)34-15-30(24-9-10-24)26(18-41-34)17-40-13-14-46)29-6-4-8-33(23(29)2)45-38(49)35-16-31(25-11-12-25)27(19-42-35)20-43-36(21-47)39(50)51/h3-8,15-16,18-19,24-25,36,40,43,46-47H,9-14,17,20-21H2,1-2H3,(H,44,48)(H,45,49)(H,50,51)/t36-/m0/s1. The number of hydrogen-bond acceptors (Lipinski definition) is 9. The Bertz CT molecular complexity index is 1940. The van der Waals surface area contributed by atoms with Crippen LogP contribution in [0.2, 0.25) is 0 Å².